The first-order valence-electron chi connectivity index (χ1n) is 5.45. The van der Waals surface area contributed by atoms with Crippen molar-refractivity contribution in [3.05, 3.63) is 53.9 Å². The van der Waals surface area contributed by atoms with Crippen molar-refractivity contribution in [1.82, 2.24) is 10.5 Å². The van der Waals surface area contributed by atoms with Gasteiger partial charge < -0.3 is 15.6 Å². The average Bonchev–Trinajstić information content (AvgIpc) is 2.87. The van der Waals surface area contributed by atoms with E-state index in [2.05, 4.69) is 15.0 Å². The van der Waals surface area contributed by atoms with Gasteiger partial charge in [0.05, 0.1) is 6.54 Å². The number of rotatable bonds is 4. The lowest BCUT2D eigenvalue weighted by atomic mass is 10.2. The molecule has 1 aromatic carbocycles. The zero-order valence-corrected chi connectivity index (χ0v) is 9.67. The lowest BCUT2D eigenvalue weighted by Gasteiger charge is -1.98. The number of amides is 1. The van der Waals surface area contributed by atoms with E-state index in [-0.39, 0.29) is 5.91 Å². The number of hydrogen-bond acceptors (Lipinski definition) is 4. The summed E-state index contributed by atoms with van der Waals surface area (Å²) in [5.74, 6) is -0.194. The summed E-state index contributed by atoms with van der Waals surface area (Å²) in [5.41, 5.74) is 7.86. The first-order chi connectivity index (χ1) is 8.74. The number of nitrogens with zero attached hydrogens (tertiary/aromatic N) is 1. The smallest absolute Gasteiger partial charge is 0.244 e. The van der Waals surface area contributed by atoms with Crippen LogP contribution in [0.2, 0.25) is 0 Å². The number of aromatic nitrogens is 1. The minimum Gasteiger partial charge on any atom is -0.399 e. The largest absolute Gasteiger partial charge is 0.399 e. The Morgan fingerprint density at radius 3 is 3.06 bits per heavy atom. The maximum absolute atomic E-state index is 11.5. The lowest BCUT2D eigenvalue weighted by Crippen LogP contribution is -2.20. The monoisotopic (exact) mass is 243 g/mol. The molecule has 1 amide bonds. The Morgan fingerprint density at radius 2 is 2.33 bits per heavy atom. The second-order valence-corrected chi connectivity index (χ2v) is 3.71. The van der Waals surface area contributed by atoms with Crippen molar-refractivity contribution >= 4 is 17.7 Å². The summed E-state index contributed by atoms with van der Waals surface area (Å²) in [5, 5.41) is 6.38. The molecule has 0 fully saturated rings. The molecule has 0 unspecified atom stereocenters. The molecule has 3 N–H and O–H groups in total. The molecule has 18 heavy (non-hydrogen) atoms. The first kappa shape index (κ1) is 11.9. The van der Waals surface area contributed by atoms with Crippen LogP contribution in [0.4, 0.5) is 5.69 Å². The fourth-order valence-electron chi connectivity index (χ4n) is 1.40. The molecular weight excluding hydrogens is 230 g/mol. The van der Waals surface area contributed by atoms with Gasteiger partial charge in [-0.3, -0.25) is 4.79 Å². The normalized spacial score (nSPS) is 10.7. The molecule has 0 aliphatic rings. The quantitative estimate of drug-likeness (QED) is 0.631. The third-order valence-corrected chi connectivity index (χ3v) is 2.27. The van der Waals surface area contributed by atoms with Gasteiger partial charge in [0.2, 0.25) is 5.91 Å². The molecular formula is C13H13N3O2. The first-order valence-corrected chi connectivity index (χ1v) is 5.45. The number of carbonyl (C=O) groups is 1. The minimum absolute atomic E-state index is 0.194. The third-order valence-electron chi connectivity index (χ3n) is 2.27. The molecule has 5 nitrogen and oxygen atoms in total. The maximum Gasteiger partial charge on any atom is 0.244 e. The number of nitrogen functional groups attached to an aromatic ring is 1. The van der Waals surface area contributed by atoms with E-state index in [1.165, 1.54) is 12.3 Å². The van der Waals surface area contributed by atoms with Crippen molar-refractivity contribution in [3.63, 3.8) is 0 Å². The van der Waals surface area contributed by atoms with E-state index in [0.29, 0.717) is 17.9 Å². The lowest BCUT2D eigenvalue weighted by molar-refractivity contribution is -0.116. The number of carbonyl (C=O) groups excluding carboxylic acids is 1. The summed E-state index contributed by atoms with van der Waals surface area (Å²) in [6.45, 7) is 0.344. The second kappa shape index (κ2) is 5.67. The Bertz CT molecular complexity index is 547. The molecule has 0 atom stereocenters. The summed E-state index contributed by atoms with van der Waals surface area (Å²) >= 11 is 0. The van der Waals surface area contributed by atoms with Crippen LogP contribution in [0.5, 0.6) is 0 Å². The van der Waals surface area contributed by atoms with Gasteiger partial charge in [0, 0.05) is 17.8 Å². The van der Waals surface area contributed by atoms with Crippen LogP contribution in [0.25, 0.3) is 6.08 Å². The van der Waals surface area contributed by atoms with Crippen LogP contribution in [0, 0.1) is 0 Å². The molecule has 0 saturated heterocycles. The number of hydrogen-bond donors (Lipinski definition) is 2. The Kier molecular flexibility index (Phi) is 3.76. The topological polar surface area (TPSA) is 81.2 Å². The van der Waals surface area contributed by atoms with Crippen molar-refractivity contribution in [2.24, 2.45) is 0 Å². The fraction of sp³-hybridized carbons (Fsp3) is 0.0769. The SMILES string of the molecule is Nc1cccc(/C=C/C(=O)NCc2ccon2)c1. The molecule has 0 aliphatic heterocycles. The predicted octanol–water partition coefficient (Wildman–Crippen LogP) is 1.59. The molecule has 5 heteroatoms. The van der Waals surface area contributed by atoms with E-state index < -0.39 is 0 Å². The predicted molar refractivity (Wildman–Crippen MR) is 68.2 cm³/mol. The molecule has 1 heterocycles. The van der Waals surface area contributed by atoms with E-state index in [1.807, 2.05) is 12.1 Å². The van der Waals surface area contributed by atoms with E-state index in [4.69, 9.17) is 5.73 Å². The van der Waals surface area contributed by atoms with Gasteiger partial charge in [0.1, 0.15) is 12.0 Å². The molecule has 0 aliphatic carbocycles. The molecule has 0 radical (unpaired) electrons. The molecule has 2 aromatic rings. The molecule has 0 bridgehead atoms. The standard InChI is InChI=1S/C13H13N3O2/c14-11-3-1-2-10(8-11)4-5-13(17)15-9-12-6-7-18-16-12/h1-8H,9,14H2,(H,15,17)/b5-4+. The Hall–Kier alpha value is -2.56. The summed E-state index contributed by atoms with van der Waals surface area (Å²) < 4.78 is 4.66. The highest BCUT2D eigenvalue weighted by Gasteiger charge is 1.98. The van der Waals surface area contributed by atoms with Gasteiger partial charge in [0.15, 0.2) is 0 Å². The van der Waals surface area contributed by atoms with Crippen LogP contribution in [0.3, 0.4) is 0 Å². The van der Waals surface area contributed by atoms with Crippen molar-refractivity contribution in [2.75, 3.05) is 5.73 Å². The van der Waals surface area contributed by atoms with Gasteiger partial charge in [-0.2, -0.15) is 0 Å². The Morgan fingerprint density at radius 1 is 1.44 bits per heavy atom. The van der Waals surface area contributed by atoms with Crippen molar-refractivity contribution < 1.29 is 9.32 Å². The minimum atomic E-state index is -0.194. The maximum atomic E-state index is 11.5. The summed E-state index contributed by atoms with van der Waals surface area (Å²) in [6.07, 6.45) is 4.62. The number of nitrogens with one attached hydrogen (secondary N) is 1. The summed E-state index contributed by atoms with van der Waals surface area (Å²) in [7, 11) is 0. The van der Waals surface area contributed by atoms with E-state index in [9.17, 15) is 4.79 Å². The van der Waals surface area contributed by atoms with Crippen molar-refractivity contribution in [1.29, 1.82) is 0 Å². The van der Waals surface area contributed by atoms with Gasteiger partial charge in [-0.05, 0) is 23.8 Å². The second-order valence-electron chi connectivity index (χ2n) is 3.71. The van der Waals surface area contributed by atoms with Gasteiger partial charge >= 0.3 is 0 Å². The van der Waals surface area contributed by atoms with E-state index in [1.54, 1.807) is 24.3 Å². The average molecular weight is 243 g/mol. The summed E-state index contributed by atoms with van der Waals surface area (Å²) in [6, 6.07) is 8.99. The van der Waals surface area contributed by atoms with Crippen LogP contribution in [0.1, 0.15) is 11.3 Å². The molecule has 0 saturated carbocycles. The van der Waals surface area contributed by atoms with Crippen molar-refractivity contribution in [3.8, 4) is 0 Å². The van der Waals surface area contributed by atoms with Gasteiger partial charge in [-0.25, -0.2) is 0 Å². The molecule has 92 valence electrons. The van der Waals surface area contributed by atoms with Gasteiger partial charge in [0.25, 0.3) is 0 Å². The highest BCUT2D eigenvalue weighted by molar-refractivity contribution is 5.91. The zero-order chi connectivity index (χ0) is 12.8. The number of benzene rings is 1. The highest BCUT2D eigenvalue weighted by atomic mass is 16.5. The molecule has 2 rings (SSSR count). The van der Waals surface area contributed by atoms with Crippen LogP contribution < -0.4 is 11.1 Å². The third kappa shape index (κ3) is 3.48. The van der Waals surface area contributed by atoms with Crippen LogP contribution >= 0.6 is 0 Å². The number of anilines is 1. The Balaban J connectivity index is 1.87. The fourth-order valence-corrected chi connectivity index (χ4v) is 1.40. The van der Waals surface area contributed by atoms with E-state index >= 15 is 0 Å². The van der Waals surface area contributed by atoms with Crippen LogP contribution in [0.15, 0.2) is 47.2 Å². The van der Waals surface area contributed by atoms with Gasteiger partial charge in [-0.15, -0.1) is 0 Å². The van der Waals surface area contributed by atoms with Gasteiger partial charge in [-0.1, -0.05) is 17.3 Å². The number of nitrogens with two attached hydrogens (primary N) is 1. The zero-order valence-electron chi connectivity index (χ0n) is 9.67. The molecule has 1 aromatic heterocycles. The van der Waals surface area contributed by atoms with E-state index in [0.717, 1.165) is 5.56 Å². The highest BCUT2D eigenvalue weighted by Crippen LogP contribution is 2.07. The summed E-state index contributed by atoms with van der Waals surface area (Å²) in [4.78, 5) is 11.5. The van der Waals surface area contributed by atoms with Crippen LogP contribution in [-0.4, -0.2) is 11.1 Å². The molecule has 0 spiro atoms. The Labute approximate surface area is 104 Å². The van der Waals surface area contributed by atoms with Crippen LogP contribution in [-0.2, 0) is 11.3 Å². The van der Waals surface area contributed by atoms with Crippen molar-refractivity contribution in [2.45, 2.75) is 6.54 Å².